The van der Waals surface area contributed by atoms with Gasteiger partial charge in [-0.3, -0.25) is 0 Å². The summed E-state index contributed by atoms with van der Waals surface area (Å²) in [5.74, 6) is 3.86. The summed E-state index contributed by atoms with van der Waals surface area (Å²) >= 11 is 7.11. The third kappa shape index (κ3) is 3.07. The first-order valence-electron chi connectivity index (χ1n) is 7.40. The zero-order valence-corrected chi connectivity index (χ0v) is 15.0. The Morgan fingerprint density at radius 1 is 1.25 bits per heavy atom. The lowest BCUT2D eigenvalue weighted by Gasteiger charge is -2.22. The molecule has 1 aromatic rings. The smallest absolute Gasteiger partial charge is 0.137 e. The van der Waals surface area contributed by atoms with Crippen molar-refractivity contribution in [2.24, 2.45) is 17.8 Å². The third-order valence-corrected chi connectivity index (χ3v) is 5.94. The van der Waals surface area contributed by atoms with E-state index in [9.17, 15) is 0 Å². The van der Waals surface area contributed by atoms with Crippen molar-refractivity contribution in [1.29, 1.82) is 0 Å². The van der Waals surface area contributed by atoms with Crippen LogP contribution in [-0.2, 0) is 6.54 Å². The summed E-state index contributed by atoms with van der Waals surface area (Å²) in [5.41, 5.74) is 1.21. The third-order valence-electron chi connectivity index (χ3n) is 4.90. The highest BCUT2D eigenvalue weighted by Crippen LogP contribution is 2.48. The second-order valence-electron chi connectivity index (χ2n) is 6.15. The van der Waals surface area contributed by atoms with E-state index in [0.29, 0.717) is 0 Å². The van der Waals surface area contributed by atoms with E-state index in [1.54, 1.807) is 7.11 Å². The Morgan fingerprint density at radius 3 is 2.75 bits per heavy atom. The fourth-order valence-corrected chi connectivity index (χ4v) is 5.47. The molecular weight excluding hydrogens is 382 g/mol. The number of methoxy groups -OCH3 is 1. The van der Waals surface area contributed by atoms with Gasteiger partial charge in [0.15, 0.2) is 0 Å². The van der Waals surface area contributed by atoms with Gasteiger partial charge in [-0.1, -0.05) is 22.4 Å². The van der Waals surface area contributed by atoms with Crippen LogP contribution < -0.4 is 10.1 Å². The molecule has 2 bridgehead atoms. The standard InChI is InChI=1S/C16H21Br2NO/c1-20-16-13(6-14(17)7-15(16)18)9-19-8-12-5-10-2-3-11(12)4-10/h6-7,10-12,19H,2-5,8-9H2,1H3. The van der Waals surface area contributed by atoms with Crippen molar-refractivity contribution in [1.82, 2.24) is 5.32 Å². The van der Waals surface area contributed by atoms with Crippen LogP contribution in [0.15, 0.2) is 21.1 Å². The molecule has 20 heavy (non-hydrogen) atoms. The van der Waals surface area contributed by atoms with Crippen molar-refractivity contribution in [3.8, 4) is 5.75 Å². The van der Waals surface area contributed by atoms with E-state index in [2.05, 4.69) is 43.2 Å². The van der Waals surface area contributed by atoms with Crippen LogP contribution in [0.2, 0.25) is 0 Å². The second kappa shape index (κ2) is 6.37. The summed E-state index contributed by atoms with van der Waals surface area (Å²) in [4.78, 5) is 0. The molecule has 3 unspecified atom stereocenters. The maximum absolute atomic E-state index is 5.50. The molecule has 0 radical (unpaired) electrons. The average molecular weight is 403 g/mol. The number of nitrogens with one attached hydrogen (secondary N) is 1. The minimum Gasteiger partial charge on any atom is -0.495 e. The number of hydrogen-bond donors (Lipinski definition) is 1. The molecule has 0 saturated heterocycles. The fraction of sp³-hybridized carbons (Fsp3) is 0.625. The van der Waals surface area contributed by atoms with Crippen molar-refractivity contribution in [2.45, 2.75) is 32.2 Å². The summed E-state index contributed by atoms with van der Waals surface area (Å²) in [7, 11) is 1.73. The van der Waals surface area contributed by atoms with E-state index in [1.165, 1.54) is 31.2 Å². The van der Waals surface area contributed by atoms with Gasteiger partial charge >= 0.3 is 0 Å². The summed E-state index contributed by atoms with van der Waals surface area (Å²) in [5, 5.41) is 3.64. The van der Waals surface area contributed by atoms with Crippen LogP contribution in [0.25, 0.3) is 0 Å². The van der Waals surface area contributed by atoms with Crippen molar-refractivity contribution in [2.75, 3.05) is 13.7 Å². The quantitative estimate of drug-likeness (QED) is 0.767. The van der Waals surface area contributed by atoms with Gasteiger partial charge in [-0.2, -0.15) is 0 Å². The van der Waals surface area contributed by atoms with Gasteiger partial charge in [-0.15, -0.1) is 0 Å². The molecule has 1 aromatic carbocycles. The van der Waals surface area contributed by atoms with Gasteiger partial charge in [0.1, 0.15) is 5.75 Å². The topological polar surface area (TPSA) is 21.3 Å². The summed E-state index contributed by atoms with van der Waals surface area (Å²) in [6.45, 7) is 2.02. The minimum atomic E-state index is 0.870. The molecule has 1 N–H and O–H groups in total. The molecule has 110 valence electrons. The van der Waals surface area contributed by atoms with Gasteiger partial charge < -0.3 is 10.1 Å². The molecule has 4 heteroatoms. The molecule has 0 aliphatic heterocycles. The highest BCUT2D eigenvalue weighted by atomic mass is 79.9. The van der Waals surface area contributed by atoms with E-state index >= 15 is 0 Å². The predicted octanol–water partition coefficient (Wildman–Crippen LogP) is 4.75. The van der Waals surface area contributed by atoms with Crippen molar-refractivity contribution in [3.63, 3.8) is 0 Å². The van der Waals surface area contributed by atoms with Gasteiger partial charge in [0.25, 0.3) is 0 Å². The SMILES string of the molecule is COc1c(Br)cc(Br)cc1CNCC1CC2CCC1C2. The molecule has 2 aliphatic rings. The number of benzene rings is 1. The molecule has 2 nitrogen and oxygen atoms in total. The number of rotatable bonds is 5. The fourth-order valence-electron chi connectivity index (χ4n) is 3.99. The van der Waals surface area contributed by atoms with E-state index in [0.717, 1.165) is 45.5 Å². The van der Waals surface area contributed by atoms with Gasteiger partial charge in [0.05, 0.1) is 11.6 Å². The lowest BCUT2D eigenvalue weighted by Crippen LogP contribution is -2.26. The second-order valence-corrected chi connectivity index (χ2v) is 7.92. The monoisotopic (exact) mass is 401 g/mol. The van der Waals surface area contributed by atoms with Crippen LogP contribution in [-0.4, -0.2) is 13.7 Å². The number of halogens is 2. The van der Waals surface area contributed by atoms with Crippen LogP contribution in [0.4, 0.5) is 0 Å². The molecular formula is C16H21Br2NO. The molecule has 2 aliphatic carbocycles. The minimum absolute atomic E-state index is 0.870. The number of ether oxygens (including phenoxy) is 1. The summed E-state index contributed by atoms with van der Waals surface area (Å²) in [6, 6.07) is 4.16. The highest BCUT2D eigenvalue weighted by Gasteiger charge is 2.38. The maximum atomic E-state index is 5.50. The van der Waals surface area contributed by atoms with Crippen molar-refractivity contribution in [3.05, 3.63) is 26.6 Å². The van der Waals surface area contributed by atoms with Crippen LogP contribution >= 0.6 is 31.9 Å². The molecule has 0 spiro atoms. The first kappa shape index (κ1) is 14.9. The van der Waals surface area contributed by atoms with Gasteiger partial charge in [0, 0.05) is 16.6 Å². The first-order chi connectivity index (χ1) is 9.67. The van der Waals surface area contributed by atoms with Gasteiger partial charge in [-0.25, -0.2) is 0 Å². The van der Waals surface area contributed by atoms with Crippen molar-refractivity contribution < 1.29 is 4.74 Å². The predicted molar refractivity (Wildman–Crippen MR) is 89.0 cm³/mol. The lowest BCUT2D eigenvalue weighted by molar-refractivity contribution is 0.317. The van der Waals surface area contributed by atoms with E-state index < -0.39 is 0 Å². The summed E-state index contributed by atoms with van der Waals surface area (Å²) < 4.78 is 7.59. The van der Waals surface area contributed by atoms with E-state index in [4.69, 9.17) is 4.74 Å². The Kier molecular flexibility index (Phi) is 4.73. The van der Waals surface area contributed by atoms with Crippen LogP contribution in [0.5, 0.6) is 5.75 Å². The molecule has 0 amide bonds. The maximum Gasteiger partial charge on any atom is 0.137 e. The normalized spacial score (nSPS) is 28.1. The van der Waals surface area contributed by atoms with Crippen LogP contribution in [0.3, 0.4) is 0 Å². The Morgan fingerprint density at radius 2 is 2.10 bits per heavy atom. The average Bonchev–Trinajstić information content (AvgIpc) is 3.00. The Balaban J connectivity index is 1.58. The molecule has 3 atom stereocenters. The Bertz CT molecular complexity index is 492. The van der Waals surface area contributed by atoms with E-state index in [1.807, 2.05) is 6.07 Å². The van der Waals surface area contributed by atoms with Crippen molar-refractivity contribution >= 4 is 31.9 Å². The van der Waals surface area contributed by atoms with Gasteiger partial charge in [0.2, 0.25) is 0 Å². The van der Waals surface area contributed by atoms with E-state index in [-0.39, 0.29) is 0 Å². The first-order valence-corrected chi connectivity index (χ1v) is 8.98. The van der Waals surface area contributed by atoms with Crippen LogP contribution in [0.1, 0.15) is 31.2 Å². The zero-order valence-electron chi connectivity index (χ0n) is 11.8. The molecule has 0 aromatic heterocycles. The molecule has 0 heterocycles. The number of fused-ring (bicyclic) bond motifs is 2. The van der Waals surface area contributed by atoms with Crippen LogP contribution in [0, 0.1) is 17.8 Å². The zero-order chi connectivity index (χ0) is 14.1. The highest BCUT2D eigenvalue weighted by molar-refractivity contribution is 9.11. The molecule has 3 rings (SSSR count). The number of hydrogen-bond acceptors (Lipinski definition) is 2. The van der Waals surface area contributed by atoms with Gasteiger partial charge in [-0.05, 0) is 71.6 Å². The molecule has 2 fully saturated rings. The molecule has 2 saturated carbocycles. The Hall–Kier alpha value is -0.0600. The summed E-state index contributed by atoms with van der Waals surface area (Å²) in [6.07, 6.45) is 5.87. The largest absolute Gasteiger partial charge is 0.495 e. The Labute approximate surface area is 137 Å². The lowest BCUT2D eigenvalue weighted by atomic mass is 9.89.